The molecule has 0 aliphatic heterocycles. The molecule has 0 spiro atoms. The molecule has 4 heteroatoms. The lowest BCUT2D eigenvalue weighted by molar-refractivity contribution is 0.0603. The van der Waals surface area contributed by atoms with Gasteiger partial charge in [0.25, 0.3) is 0 Å². The van der Waals surface area contributed by atoms with Gasteiger partial charge in [0.05, 0.1) is 0 Å². The lowest BCUT2D eigenvalue weighted by Gasteiger charge is -2.17. The second kappa shape index (κ2) is 3.36. The highest BCUT2D eigenvalue weighted by molar-refractivity contribution is 5.93. The third-order valence-electron chi connectivity index (χ3n) is 1.61. The number of amides is 1. The van der Waals surface area contributed by atoms with Gasteiger partial charge in [0.1, 0.15) is 11.4 Å². The molecular formula is C9H16N2O2. The monoisotopic (exact) mass is 184 g/mol. The fourth-order valence-corrected chi connectivity index (χ4v) is 0.861. The Morgan fingerprint density at radius 2 is 2.00 bits per heavy atom. The minimum absolute atomic E-state index is 0.313. The standard InChI is InChI=1S/C9H16N2O2/c1-9(2,3)13-8(12)11-7(10)6-4-5-6/h6H,4-5H2,1-3H3,(H2,10,11,12). The van der Waals surface area contributed by atoms with Gasteiger partial charge in [-0.05, 0) is 33.6 Å². The Balaban J connectivity index is 2.44. The first-order chi connectivity index (χ1) is 5.88. The predicted octanol–water partition coefficient (Wildman–Crippen LogP) is 1.69. The number of carbonyl (C=O) groups is 1. The summed E-state index contributed by atoms with van der Waals surface area (Å²) < 4.78 is 4.98. The second-order valence-electron chi connectivity index (χ2n) is 4.29. The van der Waals surface area contributed by atoms with Crippen molar-refractivity contribution in [1.29, 1.82) is 0 Å². The summed E-state index contributed by atoms with van der Waals surface area (Å²) >= 11 is 0. The summed E-state index contributed by atoms with van der Waals surface area (Å²) in [6.45, 7) is 5.40. The van der Waals surface area contributed by atoms with E-state index in [1.54, 1.807) is 20.8 Å². The summed E-state index contributed by atoms with van der Waals surface area (Å²) in [7, 11) is 0. The maximum atomic E-state index is 11.1. The van der Waals surface area contributed by atoms with Gasteiger partial charge in [-0.3, -0.25) is 0 Å². The van der Waals surface area contributed by atoms with Gasteiger partial charge in [-0.1, -0.05) is 0 Å². The molecule has 1 rings (SSSR count). The van der Waals surface area contributed by atoms with Crippen LogP contribution in [-0.4, -0.2) is 17.5 Å². The maximum absolute atomic E-state index is 11.1. The van der Waals surface area contributed by atoms with Crippen LogP contribution in [-0.2, 0) is 4.74 Å². The number of carbonyl (C=O) groups excluding carboxylic acids is 1. The molecule has 0 unspecified atom stereocenters. The van der Waals surface area contributed by atoms with Gasteiger partial charge < -0.3 is 10.5 Å². The predicted molar refractivity (Wildman–Crippen MR) is 50.6 cm³/mol. The van der Waals surface area contributed by atoms with Gasteiger partial charge in [-0.15, -0.1) is 0 Å². The Kier molecular flexibility index (Phi) is 2.59. The molecule has 0 radical (unpaired) electrons. The highest BCUT2D eigenvalue weighted by Crippen LogP contribution is 2.28. The average molecular weight is 184 g/mol. The van der Waals surface area contributed by atoms with E-state index >= 15 is 0 Å². The first-order valence-corrected chi connectivity index (χ1v) is 4.45. The number of nitrogens with zero attached hydrogens (tertiary/aromatic N) is 1. The highest BCUT2D eigenvalue weighted by Gasteiger charge is 2.27. The summed E-state index contributed by atoms with van der Waals surface area (Å²) in [5, 5.41) is 0. The Morgan fingerprint density at radius 3 is 2.38 bits per heavy atom. The molecule has 74 valence electrons. The molecule has 1 aliphatic rings. The first kappa shape index (κ1) is 10.0. The van der Waals surface area contributed by atoms with Gasteiger partial charge in [-0.2, -0.15) is 4.99 Å². The molecular weight excluding hydrogens is 168 g/mol. The maximum Gasteiger partial charge on any atom is 0.435 e. The van der Waals surface area contributed by atoms with Crippen molar-refractivity contribution in [2.45, 2.75) is 39.2 Å². The number of aliphatic imine (C=N–C) groups is 1. The van der Waals surface area contributed by atoms with Crippen molar-refractivity contribution in [1.82, 2.24) is 0 Å². The van der Waals surface area contributed by atoms with Crippen molar-refractivity contribution in [3.8, 4) is 0 Å². The van der Waals surface area contributed by atoms with Gasteiger partial charge in [0, 0.05) is 5.92 Å². The zero-order chi connectivity index (χ0) is 10.1. The van der Waals surface area contributed by atoms with Crippen molar-refractivity contribution in [2.24, 2.45) is 16.6 Å². The zero-order valence-corrected chi connectivity index (χ0v) is 8.33. The van der Waals surface area contributed by atoms with Crippen molar-refractivity contribution in [2.75, 3.05) is 0 Å². The minimum Gasteiger partial charge on any atom is -0.442 e. The Bertz CT molecular complexity index is 236. The summed E-state index contributed by atoms with van der Waals surface area (Å²) in [4.78, 5) is 14.8. The molecule has 0 aromatic carbocycles. The van der Waals surface area contributed by atoms with Crippen LogP contribution in [0, 0.1) is 5.92 Å². The zero-order valence-electron chi connectivity index (χ0n) is 8.33. The van der Waals surface area contributed by atoms with E-state index in [-0.39, 0.29) is 0 Å². The molecule has 2 N–H and O–H groups in total. The summed E-state index contributed by atoms with van der Waals surface area (Å²) in [6.07, 6.45) is 1.49. The van der Waals surface area contributed by atoms with Crippen LogP contribution in [0.1, 0.15) is 33.6 Å². The molecule has 0 bridgehead atoms. The minimum atomic E-state index is -0.586. The lowest BCUT2D eigenvalue weighted by atomic mass is 10.2. The molecule has 13 heavy (non-hydrogen) atoms. The second-order valence-corrected chi connectivity index (χ2v) is 4.29. The van der Waals surface area contributed by atoms with Crippen LogP contribution in [0.2, 0.25) is 0 Å². The molecule has 1 fully saturated rings. The van der Waals surface area contributed by atoms with Gasteiger partial charge in [-0.25, -0.2) is 4.79 Å². The highest BCUT2D eigenvalue weighted by atomic mass is 16.6. The molecule has 1 amide bonds. The molecule has 0 heterocycles. The van der Waals surface area contributed by atoms with Crippen LogP contribution in [0.25, 0.3) is 0 Å². The van der Waals surface area contributed by atoms with E-state index < -0.39 is 11.7 Å². The van der Waals surface area contributed by atoms with Crippen molar-refractivity contribution >= 4 is 11.9 Å². The van der Waals surface area contributed by atoms with Crippen LogP contribution in [0.4, 0.5) is 4.79 Å². The fourth-order valence-electron chi connectivity index (χ4n) is 0.861. The van der Waals surface area contributed by atoms with Crippen molar-refractivity contribution in [3.05, 3.63) is 0 Å². The number of hydrogen-bond donors (Lipinski definition) is 1. The third kappa shape index (κ3) is 3.92. The Labute approximate surface area is 78.2 Å². The largest absolute Gasteiger partial charge is 0.442 e. The van der Waals surface area contributed by atoms with E-state index in [9.17, 15) is 4.79 Å². The number of nitrogens with two attached hydrogens (primary N) is 1. The molecule has 1 saturated carbocycles. The molecule has 0 aromatic heterocycles. The number of amidine groups is 1. The molecule has 0 atom stereocenters. The van der Waals surface area contributed by atoms with E-state index in [4.69, 9.17) is 10.5 Å². The van der Waals surface area contributed by atoms with E-state index in [1.807, 2.05) is 0 Å². The van der Waals surface area contributed by atoms with Crippen LogP contribution in [0.15, 0.2) is 4.99 Å². The summed E-state index contributed by atoms with van der Waals surface area (Å²) in [6, 6.07) is 0. The number of rotatable bonds is 1. The lowest BCUT2D eigenvalue weighted by Crippen LogP contribution is -2.24. The Morgan fingerprint density at radius 1 is 1.46 bits per heavy atom. The molecule has 0 saturated heterocycles. The van der Waals surface area contributed by atoms with Gasteiger partial charge in [0.2, 0.25) is 0 Å². The topological polar surface area (TPSA) is 64.7 Å². The summed E-state index contributed by atoms with van der Waals surface area (Å²) in [5.74, 6) is 0.724. The van der Waals surface area contributed by atoms with Crippen LogP contribution in [0.5, 0.6) is 0 Å². The normalized spacial score (nSPS) is 18.5. The van der Waals surface area contributed by atoms with E-state index in [1.165, 1.54) is 0 Å². The van der Waals surface area contributed by atoms with Crippen LogP contribution >= 0.6 is 0 Å². The van der Waals surface area contributed by atoms with Crippen LogP contribution in [0.3, 0.4) is 0 Å². The molecule has 0 aromatic rings. The van der Waals surface area contributed by atoms with E-state index in [2.05, 4.69) is 4.99 Å². The Hall–Kier alpha value is -1.06. The van der Waals surface area contributed by atoms with Crippen molar-refractivity contribution < 1.29 is 9.53 Å². The smallest absolute Gasteiger partial charge is 0.435 e. The number of ether oxygens (including phenoxy) is 1. The fraction of sp³-hybridized carbons (Fsp3) is 0.778. The van der Waals surface area contributed by atoms with E-state index in [0.29, 0.717) is 11.8 Å². The van der Waals surface area contributed by atoms with Crippen LogP contribution < -0.4 is 5.73 Å². The van der Waals surface area contributed by atoms with E-state index in [0.717, 1.165) is 12.8 Å². The van der Waals surface area contributed by atoms with Gasteiger partial charge in [0.15, 0.2) is 0 Å². The SMILES string of the molecule is CC(C)(C)OC(=O)/N=C(\N)C1CC1. The molecule has 1 aliphatic carbocycles. The molecule has 4 nitrogen and oxygen atoms in total. The van der Waals surface area contributed by atoms with Gasteiger partial charge >= 0.3 is 6.09 Å². The van der Waals surface area contributed by atoms with Crippen molar-refractivity contribution in [3.63, 3.8) is 0 Å². The third-order valence-corrected chi connectivity index (χ3v) is 1.61. The first-order valence-electron chi connectivity index (χ1n) is 4.45. The number of hydrogen-bond acceptors (Lipinski definition) is 2. The average Bonchev–Trinajstić information content (AvgIpc) is 2.60. The summed E-state index contributed by atoms with van der Waals surface area (Å²) in [5.41, 5.74) is 5.05. The quantitative estimate of drug-likeness (QED) is 0.498.